The molecule has 1 saturated carbocycles. The zero-order chi connectivity index (χ0) is 11.7. The minimum Gasteiger partial charge on any atom is -0.0878 e. The summed E-state index contributed by atoms with van der Waals surface area (Å²) < 4.78 is 0.141. The molecule has 0 N–H and O–H groups in total. The lowest BCUT2D eigenvalue weighted by Crippen LogP contribution is -2.26. The minimum atomic E-state index is 0.141. The van der Waals surface area contributed by atoms with E-state index >= 15 is 0 Å². The van der Waals surface area contributed by atoms with Crippen LogP contribution in [0.4, 0.5) is 0 Å². The molecule has 0 radical (unpaired) electrons. The van der Waals surface area contributed by atoms with E-state index in [0.29, 0.717) is 10.8 Å². The van der Waals surface area contributed by atoms with Crippen LogP contribution in [0, 0.1) is 10.8 Å². The van der Waals surface area contributed by atoms with E-state index in [9.17, 15) is 0 Å². The maximum atomic E-state index is 3.99. The monoisotopic (exact) mass is 352 g/mol. The molecule has 0 unspecified atom stereocenters. The Bertz CT molecular complexity index is 486. The van der Waals surface area contributed by atoms with Gasteiger partial charge in [-0.2, -0.15) is 0 Å². The summed E-state index contributed by atoms with van der Waals surface area (Å²) in [5, 5.41) is 0. The van der Waals surface area contributed by atoms with Crippen LogP contribution in [-0.4, -0.2) is 3.23 Å². The molecule has 0 heterocycles. The molecule has 0 nitrogen and oxygen atoms in total. The third kappa shape index (κ3) is 1.02. The summed E-state index contributed by atoms with van der Waals surface area (Å²) in [7, 11) is 0. The zero-order valence-corrected chi connectivity index (χ0v) is 12.7. The first-order chi connectivity index (χ1) is 8.13. The van der Waals surface area contributed by atoms with Crippen molar-refractivity contribution in [2.24, 2.45) is 10.8 Å². The van der Waals surface area contributed by atoms with Crippen LogP contribution in [0.2, 0.25) is 0 Å². The van der Waals surface area contributed by atoms with E-state index in [4.69, 9.17) is 0 Å². The van der Waals surface area contributed by atoms with Crippen LogP contribution in [0.25, 0.3) is 0 Å². The van der Waals surface area contributed by atoms with Gasteiger partial charge in [-0.15, -0.1) is 0 Å². The predicted octanol–water partition coefficient (Wildman–Crippen LogP) is 4.61. The zero-order valence-electron chi connectivity index (χ0n) is 9.55. The topological polar surface area (TPSA) is 0 Å². The summed E-state index contributed by atoms with van der Waals surface area (Å²) in [4.78, 5) is 0. The smallest absolute Gasteiger partial charge is 0.0878 e. The standard InChI is InChI=1S/C15H14Br2/c16-15(17)13-7-3-4-8-14(13,15)10-12-6-2-1-5-11(12)9-13/h1-6H,7-10H2/t13-,14-/m0/s1. The van der Waals surface area contributed by atoms with Gasteiger partial charge in [0.25, 0.3) is 0 Å². The third-order valence-corrected chi connectivity index (χ3v) is 8.29. The van der Waals surface area contributed by atoms with Crippen LogP contribution >= 0.6 is 31.9 Å². The van der Waals surface area contributed by atoms with Crippen molar-refractivity contribution in [3.05, 3.63) is 47.5 Å². The lowest BCUT2D eigenvalue weighted by Gasteiger charge is -2.32. The van der Waals surface area contributed by atoms with Crippen molar-refractivity contribution in [1.29, 1.82) is 0 Å². The van der Waals surface area contributed by atoms with Gasteiger partial charge in [0.15, 0.2) is 0 Å². The van der Waals surface area contributed by atoms with Gasteiger partial charge in [-0.3, -0.25) is 0 Å². The minimum absolute atomic E-state index is 0.141. The molecule has 88 valence electrons. The van der Waals surface area contributed by atoms with Gasteiger partial charge in [0.1, 0.15) is 0 Å². The Morgan fingerprint density at radius 3 is 1.76 bits per heavy atom. The van der Waals surface area contributed by atoms with Crippen LogP contribution in [0.15, 0.2) is 36.4 Å². The van der Waals surface area contributed by atoms with Gasteiger partial charge in [-0.1, -0.05) is 68.3 Å². The second kappa shape index (κ2) is 3.08. The molecule has 1 aromatic carbocycles. The molecule has 2 heteroatoms. The molecule has 2 atom stereocenters. The largest absolute Gasteiger partial charge is 0.0942 e. The van der Waals surface area contributed by atoms with E-state index in [0.717, 1.165) is 0 Å². The quantitative estimate of drug-likeness (QED) is 0.472. The first-order valence-electron chi connectivity index (χ1n) is 6.23. The molecular weight excluding hydrogens is 340 g/mol. The first kappa shape index (κ1) is 10.8. The van der Waals surface area contributed by atoms with E-state index in [-0.39, 0.29) is 3.23 Å². The van der Waals surface area contributed by atoms with Crippen molar-refractivity contribution in [2.45, 2.75) is 28.9 Å². The highest BCUT2D eigenvalue weighted by atomic mass is 79.9. The van der Waals surface area contributed by atoms with Gasteiger partial charge in [-0.25, -0.2) is 0 Å². The van der Waals surface area contributed by atoms with E-state index in [1.54, 1.807) is 11.1 Å². The Balaban J connectivity index is 1.89. The number of halogens is 2. The Kier molecular flexibility index (Phi) is 1.96. The number of rotatable bonds is 0. The van der Waals surface area contributed by atoms with Crippen LogP contribution < -0.4 is 0 Å². The van der Waals surface area contributed by atoms with Crippen LogP contribution in [0.5, 0.6) is 0 Å². The Labute approximate surface area is 119 Å². The molecule has 1 fully saturated rings. The number of hydrogen-bond donors (Lipinski definition) is 0. The lowest BCUT2D eigenvalue weighted by molar-refractivity contribution is 0.300. The summed E-state index contributed by atoms with van der Waals surface area (Å²) >= 11 is 7.98. The molecule has 1 aromatic rings. The van der Waals surface area contributed by atoms with Crippen LogP contribution in [0.1, 0.15) is 24.0 Å². The highest BCUT2D eigenvalue weighted by Gasteiger charge is 2.84. The van der Waals surface area contributed by atoms with E-state index in [2.05, 4.69) is 68.3 Å². The molecule has 0 aliphatic heterocycles. The summed E-state index contributed by atoms with van der Waals surface area (Å²) in [5.74, 6) is 0. The highest BCUT2D eigenvalue weighted by Crippen LogP contribution is 2.86. The average molecular weight is 354 g/mol. The molecule has 0 bridgehead atoms. The molecule has 17 heavy (non-hydrogen) atoms. The fourth-order valence-corrected chi connectivity index (χ4v) is 6.74. The molecule has 4 rings (SSSR count). The Morgan fingerprint density at radius 2 is 1.29 bits per heavy atom. The number of fused-ring (bicyclic) bond motifs is 1. The maximum absolute atomic E-state index is 3.99. The van der Waals surface area contributed by atoms with Crippen LogP contribution in [0.3, 0.4) is 0 Å². The fourth-order valence-electron chi connectivity index (χ4n) is 4.21. The van der Waals surface area contributed by atoms with Gasteiger partial charge in [0.2, 0.25) is 0 Å². The SMILES string of the molecule is BrC1(Br)[C@]23CC=CC[C@@]12Cc1ccccc1C3. The van der Waals surface area contributed by atoms with E-state index < -0.39 is 0 Å². The van der Waals surface area contributed by atoms with Crippen molar-refractivity contribution in [1.82, 2.24) is 0 Å². The van der Waals surface area contributed by atoms with Crippen molar-refractivity contribution in [2.75, 3.05) is 0 Å². The van der Waals surface area contributed by atoms with Gasteiger partial charge in [-0.05, 0) is 36.8 Å². The fraction of sp³-hybridized carbons (Fsp3) is 0.467. The number of alkyl halides is 2. The van der Waals surface area contributed by atoms with Crippen LogP contribution in [-0.2, 0) is 12.8 Å². The molecule has 0 aromatic heterocycles. The Morgan fingerprint density at radius 1 is 0.824 bits per heavy atom. The molecule has 0 saturated heterocycles. The highest BCUT2D eigenvalue weighted by molar-refractivity contribution is 9.25. The molecule has 3 aliphatic rings. The molecule has 0 spiro atoms. The maximum Gasteiger partial charge on any atom is 0.0942 e. The van der Waals surface area contributed by atoms with E-state index in [1.165, 1.54) is 25.7 Å². The third-order valence-electron chi connectivity index (χ3n) is 5.26. The predicted molar refractivity (Wildman–Crippen MR) is 77.7 cm³/mol. The van der Waals surface area contributed by atoms with Gasteiger partial charge < -0.3 is 0 Å². The normalized spacial score (nSPS) is 40.1. The second-order valence-electron chi connectivity index (χ2n) is 5.74. The Hall–Kier alpha value is -0.0800. The first-order valence-corrected chi connectivity index (χ1v) is 7.81. The summed E-state index contributed by atoms with van der Waals surface area (Å²) in [6, 6.07) is 8.96. The van der Waals surface area contributed by atoms with Crippen molar-refractivity contribution in [3.63, 3.8) is 0 Å². The summed E-state index contributed by atoms with van der Waals surface area (Å²) in [6.07, 6.45) is 9.58. The van der Waals surface area contributed by atoms with Gasteiger partial charge in [0, 0.05) is 10.8 Å². The van der Waals surface area contributed by atoms with Crippen molar-refractivity contribution < 1.29 is 0 Å². The van der Waals surface area contributed by atoms with Crippen molar-refractivity contribution >= 4 is 31.9 Å². The number of hydrogen-bond acceptors (Lipinski definition) is 0. The summed E-state index contributed by atoms with van der Waals surface area (Å²) in [5.41, 5.74) is 3.92. The average Bonchev–Trinajstić information content (AvgIpc) is 2.78. The molecule has 0 amide bonds. The van der Waals surface area contributed by atoms with Crippen molar-refractivity contribution in [3.8, 4) is 0 Å². The lowest BCUT2D eigenvalue weighted by atomic mass is 9.71. The van der Waals surface area contributed by atoms with E-state index in [1.807, 2.05) is 0 Å². The summed E-state index contributed by atoms with van der Waals surface area (Å²) in [6.45, 7) is 0. The molecular formula is C15H14Br2. The number of allylic oxidation sites excluding steroid dienone is 2. The number of benzene rings is 1. The van der Waals surface area contributed by atoms with Gasteiger partial charge in [0.05, 0.1) is 3.23 Å². The molecule has 3 aliphatic carbocycles. The van der Waals surface area contributed by atoms with Gasteiger partial charge >= 0.3 is 0 Å². The second-order valence-corrected chi connectivity index (χ2v) is 9.18.